The van der Waals surface area contributed by atoms with Gasteiger partial charge in [-0.3, -0.25) is 0 Å². The molecule has 1 heterocycles. The topological polar surface area (TPSA) is 24.5 Å². The van der Waals surface area contributed by atoms with E-state index in [1.807, 2.05) is 0 Å². The first-order chi connectivity index (χ1) is 8.65. The minimum absolute atomic E-state index is 0.235. The summed E-state index contributed by atoms with van der Waals surface area (Å²) in [6, 6.07) is 9.08. The van der Waals surface area contributed by atoms with Crippen molar-refractivity contribution in [2.24, 2.45) is 0 Å². The van der Waals surface area contributed by atoms with Gasteiger partial charge in [-0.15, -0.1) is 0 Å². The lowest BCUT2D eigenvalue weighted by Crippen LogP contribution is -2.28. The van der Waals surface area contributed by atoms with Gasteiger partial charge in [-0.25, -0.2) is 0 Å². The molecule has 0 radical (unpaired) electrons. The summed E-state index contributed by atoms with van der Waals surface area (Å²) in [6.07, 6.45) is 1.43. The molecule has 0 aliphatic carbocycles. The highest BCUT2D eigenvalue weighted by atomic mass is 16.5. The number of hydrogen-bond acceptors (Lipinski definition) is 3. The molecule has 18 heavy (non-hydrogen) atoms. The molecule has 1 aliphatic heterocycles. The van der Waals surface area contributed by atoms with E-state index in [4.69, 9.17) is 4.74 Å². The van der Waals surface area contributed by atoms with Gasteiger partial charge in [0.05, 0.1) is 6.10 Å². The van der Waals surface area contributed by atoms with E-state index in [1.165, 1.54) is 12.1 Å². The average Bonchev–Trinajstić information content (AvgIpc) is 2.54. The van der Waals surface area contributed by atoms with Crippen molar-refractivity contribution < 1.29 is 4.74 Å². The molecule has 0 amide bonds. The lowest BCUT2D eigenvalue weighted by Gasteiger charge is -2.22. The molecule has 0 spiro atoms. The van der Waals surface area contributed by atoms with Crippen LogP contribution in [0.3, 0.4) is 0 Å². The highest BCUT2D eigenvalue weighted by molar-refractivity contribution is 5.49. The Morgan fingerprint density at radius 1 is 1.22 bits per heavy atom. The Morgan fingerprint density at radius 2 is 1.94 bits per heavy atom. The minimum atomic E-state index is 0.235. The Hall–Kier alpha value is -1.22. The molecule has 3 nitrogen and oxygen atoms in total. The van der Waals surface area contributed by atoms with E-state index >= 15 is 0 Å². The van der Waals surface area contributed by atoms with Crippen LogP contribution in [0.5, 0.6) is 5.75 Å². The second-order valence-electron chi connectivity index (χ2n) is 5.29. The number of hydrogen-bond donors (Lipinski definition) is 1. The summed E-state index contributed by atoms with van der Waals surface area (Å²) in [6.45, 7) is 9.62. The first-order valence-electron chi connectivity index (χ1n) is 6.90. The van der Waals surface area contributed by atoms with Crippen LogP contribution < -0.4 is 15.0 Å². The van der Waals surface area contributed by atoms with Gasteiger partial charge < -0.3 is 15.0 Å². The quantitative estimate of drug-likeness (QED) is 0.890. The van der Waals surface area contributed by atoms with Crippen molar-refractivity contribution in [3.63, 3.8) is 0 Å². The van der Waals surface area contributed by atoms with Crippen LogP contribution in [0.2, 0.25) is 0 Å². The van der Waals surface area contributed by atoms with Crippen molar-refractivity contribution in [2.45, 2.75) is 39.3 Å². The fourth-order valence-corrected chi connectivity index (χ4v) is 2.28. The average molecular weight is 248 g/mol. The van der Waals surface area contributed by atoms with Crippen LogP contribution >= 0.6 is 0 Å². The van der Waals surface area contributed by atoms with Gasteiger partial charge >= 0.3 is 0 Å². The molecule has 1 aliphatic rings. The van der Waals surface area contributed by atoms with E-state index in [0.29, 0.717) is 6.04 Å². The number of benzene rings is 1. The Morgan fingerprint density at radius 3 is 2.61 bits per heavy atom. The molecule has 1 aromatic carbocycles. The Bertz CT molecular complexity index is 361. The third kappa shape index (κ3) is 3.64. The van der Waals surface area contributed by atoms with Crippen LogP contribution in [0.25, 0.3) is 0 Å². The molecule has 0 bridgehead atoms. The number of rotatable bonds is 3. The van der Waals surface area contributed by atoms with Gasteiger partial charge in [0.1, 0.15) is 5.75 Å². The molecule has 1 aromatic rings. The van der Waals surface area contributed by atoms with Gasteiger partial charge in [0.15, 0.2) is 0 Å². The fraction of sp³-hybridized carbons (Fsp3) is 0.600. The highest BCUT2D eigenvalue weighted by Gasteiger charge is 2.13. The first kappa shape index (κ1) is 13.2. The summed E-state index contributed by atoms with van der Waals surface area (Å²) >= 11 is 0. The van der Waals surface area contributed by atoms with Crippen molar-refractivity contribution >= 4 is 5.69 Å². The van der Waals surface area contributed by atoms with Gasteiger partial charge in [0, 0.05) is 31.4 Å². The van der Waals surface area contributed by atoms with Crippen molar-refractivity contribution in [2.75, 3.05) is 24.5 Å². The number of nitrogens with zero attached hydrogens (tertiary/aromatic N) is 1. The summed E-state index contributed by atoms with van der Waals surface area (Å²) in [5.41, 5.74) is 1.29. The normalized spacial score (nSPS) is 20.9. The highest BCUT2D eigenvalue weighted by Crippen LogP contribution is 2.21. The molecule has 2 rings (SSSR count). The van der Waals surface area contributed by atoms with Gasteiger partial charge in [-0.2, -0.15) is 0 Å². The van der Waals surface area contributed by atoms with E-state index in [-0.39, 0.29) is 6.10 Å². The predicted molar refractivity (Wildman–Crippen MR) is 76.5 cm³/mol. The van der Waals surface area contributed by atoms with Crippen molar-refractivity contribution in [1.82, 2.24) is 5.32 Å². The zero-order valence-electron chi connectivity index (χ0n) is 11.6. The van der Waals surface area contributed by atoms with Gasteiger partial charge in [0.2, 0.25) is 0 Å². The van der Waals surface area contributed by atoms with E-state index in [1.54, 1.807) is 0 Å². The van der Waals surface area contributed by atoms with Gasteiger partial charge in [-0.1, -0.05) is 0 Å². The zero-order valence-corrected chi connectivity index (χ0v) is 11.6. The molecule has 1 N–H and O–H groups in total. The predicted octanol–water partition coefficient (Wildman–Crippen LogP) is 2.66. The van der Waals surface area contributed by atoms with E-state index in [9.17, 15) is 0 Å². The van der Waals surface area contributed by atoms with E-state index < -0.39 is 0 Å². The van der Waals surface area contributed by atoms with Crippen LogP contribution in [0, 0.1) is 0 Å². The first-order valence-corrected chi connectivity index (χ1v) is 6.90. The monoisotopic (exact) mass is 248 g/mol. The van der Waals surface area contributed by atoms with Crippen LogP contribution in [-0.4, -0.2) is 31.8 Å². The third-order valence-corrected chi connectivity index (χ3v) is 3.28. The minimum Gasteiger partial charge on any atom is -0.491 e. The van der Waals surface area contributed by atoms with Crippen LogP contribution in [0.4, 0.5) is 5.69 Å². The largest absolute Gasteiger partial charge is 0.491 e. The standard InChI is InChI=1S/C15H24N2O/c1-12(2)18-15-6-4-14(5-7-15)17-10-8-13(3)16-9-11-17/h4-7,12-13,16H,8-11H2,1-3H3. The van der Waals surface area contributed by atoms with Crippen LogP contribution in [0.1, 0.15) is 27.2 Å². The van der Waals surface area contributed by atoms with Crippen LogP contribution in [0.15, 0.2) is 24.3 Å². The van der Waals surface area contributed by atoms with Crippen molar-refractivity contribution in [1.29, 1.82) is 0 Å². The van der Waals surface area contributed by atoms with Crippen LogP contribution in [-0.2, 0) is 0 Å². The number of ether oxygens (including phenoxy) is 1. The summed E-state index contributed by atoms with van der Waals surface area (Å²) in [5, 5.41) is 3.52. The zero-order chi connectivity index (χ0) is 13.0. The number of nitrogens with one attached hydrogen (secondary N) is 1. The summed E-state index contributed by atoms with van der Waals surface area (Å²) in [4.78, 5) is 2.44. The second kappa shape index (κ2) is 6.10. The summed E-state index contributed by atoms with van der Waals surface area (Å²) in [5.74, 6) is 0.954. The summed E-state index contributed by atoms with van der Waals surface area (Å²) < 4.78 is 5.67. The van der Waals surface area contributed by atoms with Gasteiger partial charge in [-0.05, 0) is 51.5 Å². The Balaban J connectivity index is 2.00. The molecule has 1 unspecified atom stereocenters. The molecular weight excluding hydrogens is 224 g/mol. The Labute approximate surface area is 110 Å². The smallest absolute Gasteiger partial charge is 0.119 e. The third-order valence-electron chi connectivity index (χ3n) is 3.28. The van der Waals surface area contributed by atoms with E-state index in [0.717, 1.165) is 25.4 Å². The molecule has 1 atom stereocenters. The molecule has 0 saturated carbocycles. The molecule has 100 valence electrons. The SMILES string of the molecule is CC1CCN(c2ccc(OC(C)C)cc2)CCN1. The van der Waals surface area contributed by atoms with E-state index in [2.05, 4.69) is 55.3 Å². The maximum atomic E-state index is 5.67. The molecule has 1 saturated heterocycles. The van der Waals surface area contributed by atoms with Gasteiger partial charge in [0.25, 0.3) is 0 Å². The molecule has 3 heteroatoms. The Kier molecular flexibility index (Phi) is 4.48. The fourth-order valence-electron chi connectivity index (χ4n) is 2.28. The maximum Gasteiger partial charge on any atom is 0.119 e. The van der Waals surface area contributed by atoms with Crippen molar-refractivity contribution in [3.8, 4) is 5.75 Å². The second-order valence-corrected chi connectivity index (χ2v) is 5.29. The lowest BCUT2D eigenvalue weighted by molar-refractivity contribution is 0.242. The number of anilines is 1. The van der Waals surface area contributed by atoms with Crippen molar-refractivity contribution in [3.05, 3.63) is 24.3 Å². The molecule has 1 fully saturated rings. The lowest BCUT2D eigenvalue weighted by atomic mass is 10.2. The maximum absolute atomic E-state index is 5.67. The molecule has 0 aromatic heterocycles. The molecular formula is C15H24N2O. The summed E-state index contributed by atoms with van der Waals surface area (Å²) in [7, 11) is 0.